The standard InChI is InChI=1S/C20H27NO3/c1-14-10-18-17(12-20(22)24-19(18)11-15(14)2)13-21-7-4-16(5-8-21)6-9-23-3/h10-12,16H,4-9,13H2,1-3H3. The Morgan fingerprint density at radius 1 is 1.17 bits per heavy atom. The number of fused-ring (bicyclic) bond motifs is 1. The Balaban J connectivity index is 1.76. The van der Waals surface area contributed by atoms with Crippen LogP contribution in [0.1, 0.15) is 36.0 Å². The molecule has 130 valence electrons. The Bertz CT molecular complexity index is 757. The van der Waals surface area contributed by atoms with Crippen LogP contribution in [0.15, 0.2) is 27.4 Å². The number of hydrogen-bond acceptors (Lipinski definition) is 4. The van der Waals surface area contributed by atoms with Gasteiger partial charge >= 0.3 is 5.63 Å². The average molecular weight is 329 g/mol. The summed E-state index contributed by atoms with van der Waals surface area (Å²) in [4.78, 5) is 14.4. The van der Waals surface area contributed by atoms with Crippen LogP contribution in [-0.4, -0.2) is 31.7 Å². The van der Waals surface area contributed by atoms with Crippen molar-refractivity contribution in [1.82, 2.24) is 4.90 Å². The van der Waals surface area contributed by atoms with Crippen molar-refractivity contribution < 1.29 is 9.15 Å². The van der Waals surface area contributed by atoms with Gasteiger partial charge in [-0.2, -0.15) is 0 Å². The second-order valence-electron chi connectivity index (χ2n) is 7.02. The molecule has 4 nitrogen and oxygen atoms in total. The summed E-state index contributed by atoms with van der Waals surface area (Å²) in [5.74, 6) is 0.767. The molecule has 0 saturated carbocycles. The van der Waals surface area contributed by atoms with Crippen molar-refractivity contribution in [2.75, 3.05) is 26.8 Å². The Morgan fingerprint density at radius 3 is 2.58 bits per heavy atom. The van der Waals surface area contributed by atoms with Gasteiger partial charge in [0.2, 0.25) is 0 Å². The minimum absolute atomic E-state index is 0.254. The topological polar surface area (TPSA) is 42.7 Å². The van der Waals surface area contributed by atoms with Gasteiger partial charge in [0, 0.05) is 31.7 Å². The summed E-state index contributed by atoms with van der Waals surface area (Å²) in [6.07, 6.45) is 3.57. The summed E-state index contributed by atoms with van der Waals surface area (Å²) in [6, 6.07) is 5.79. The minimum atomic E-state index is -0.254. The van der Waals surface area contributed by atoms with Crippen LogP contribution in [0.3, 0.4) is 0 Å². The molecule has 1 saturated heterocycles. The van der Waals surface area contributed by atoms with Gasteiger partial charge in [-0.1, -0.05) is 0 Å². The second kappa shape index (κ2) is 7.49. The zero-order valence-corrected chi connectivity index (χ0v) is 14.9. The zero-order chi connectivity index (χ0) is 17.1. The summed E-state index contributed by atoms with van der Waals surface area (Å²) in [6.45, 7) is 7.99. The van der Waals surface area contributed by atoms with E-state index in [2.05, 4.69) is 17.9 Å². The third kappa shape index (κ3) is 3.87. The fraction of sp³-hybridized carbons (Fsp3) is 0.550. The normalized spacial score (nSPS) is 16.8. The van der Waals surface area contributed by atoms with Gasteiger partial charge in [-0.05, 0) is 80.9 Å². The highest BCUT2D eigenvalue weighted by atomic mass is 16.5. The van der Waals surface area contributed by atoms with Gasteiger partial charge in [-0.3, -0.25) is 4.90 Å². The lowest BCUT2D eigenvalue weighted by Gasteiger charge is -2.32. The minimum Gasteiger partial charge on any atom is -0.423 e. The van der Waals surface area contributed by atoms with E-state index in [1.807, 2.05) is 13.0 Å². The summed E-state index contributed by atoms with van der Waals surface area (Å²) < 4.78 is 10.6. The largest absolute Gasteiger partial charge is 0.423 e. The van der Waals surface area contributed by atoms with Gasteiger partial charge in [-0.25, -0.2) is 4.79 Å². The predicted octanol–water partition coefficient (Wildman–Crippen LogP) is 3.66. The van der Waals surface area contributed by atoms with Crippen molar-refractivity contribution in [3.63, 3.8) is 0 Å². The number of methoxy groups -OCH3 is 1. The van der Waals surface area contributed by atoms with Crippen molar-refractivity contribution in [1.29, 1.82) is 0 Å². The fourth-order valence-corrected chi connectivity index (χ4v) is 3.57. The maximum atomic E-state index is 11.9. The van der Waals surface area contributed by atoms with E-state index in [1.54, 1.807) is 13.2 Å². The van der Waals surface area contributed by atoms with Gasteiger partial charge in [0.25, 0.3) is 0 Å². The molecule has 1 aromatic heterocycles. The summed E-state index contributed by atoms with van der Waals surface area (Å²) in [5, 5.41) is 1.07. The summed E-state index contributed by atoms with van der Waals surface area (Å²) in [5.41, 5.74) is 3.92. The van der Waals surface area contributed by atoms with Crippen molar-refractivity contribution in [2.45, 2.75) is 39.7 Å². The number of likely N-dealkylation sites (tertiary alicyclic amines) is 1. The van der Waals surface area contributed by atoms with E-state index < -0.39 is 0 Å². The summed E-state index contributed by atoms with van der Waals surface area (Å²) in [7, 11) is 1.77. The highest BCUT2D eigenvalue weighted by Crippen LogP contribution is 2.25. The maximum absolute atomic E-state index is 11.9. The molecule has 1 fully saturated rings. The molecule has 0 spiro atoms. The van der Waals surface area contributed by atoms with E-state index in [1.165, 1.54) is 18.4 Å². The van der Waals surface area contributed by atoms with Crippen LogP contribution >= 0.6 is 0 Å². The van der Waals surface area contributed by atoms with Crippen molar-refractivity contribution in [3.8, 4) is 0 Å². The molecule has 0 aliphatic carbocycles. The van der Waals surface area contributed by atoms with Crippen molar-refractivity contribution in [2.24, 2.45) is 5.92 Å². The van der Waals surface area contributed by atoms with Gasteiger partial charge in [0.1, 0.15) is 5.58 Å². The molecular weight excluding hydrogens is 302 g/mol. The van der Waals surface area contributed by atoms with Gasteiger partial charge < -0.3 is 9.15 Å². The van der Waals surface area contributed by atoms with Crippen LogP contribution in [0, 0.1) is 19.8 Å². The maximum Gasteiger partial charge on any atom is 0.336 e. The number of rotatable bonds is 5. The molecule has 2 aromatic rings. The van der Waals surface area contributed by atoms with Gasteiger partial charge in [0.15, 0.2) is 0 Å². The molecule has 0 unspecified atom stereocenters. The Morgan fingerprint density at radius 2 is 1.88 bits per heavy atom. The first-order chi connectivity index (χ1) is 11.6. The lowest BCUT2D eigenvalue weighted by atomic mass is 9.93. The van der Waals surface area contributed by atoms with E-state index in [4.69, 9.17) is 9.15 Å². The first-order valence-electron chi connectivity index (χ1n) is 8.82. The molecule has 4 heteroatoms. The molecule has 3 rings (SSSR count). The number of nitrogens with zero attached hydrogens (tertiary/aromatic N) is 1. The van der Waals surface area contributed by atoms with Crippen LogP contribution in [-0.2, 0) is 11.3 Å². The second-order valence-corrected chi connectivity index (χ2v) is 7.02. The van der Waals surface area contributed by atoms with Crippen LogP contribution in [0.2, 0.25) is 0 Å². The molecule has 1 aliphatic heterocycles. The molecule has 0 atom stereocenters. The third-order valence-corrected chi connectivity index (χ3v) is 5.28. The van der Waals surface area contributed by atoms with E-state index >= 15 is 0 Å². The Labute approximate surface area is 143 Å². The monoisotopic (exact) mass is 329 g/mol. The lowest BCUT2D eigenvalue weighted by molar-refractivity contribution is 0.132. The lowest BCUT2D eigenvalue weighted by Crippen LogP contribution is -2.33. The van der Waals surface area contributed by atoms with Crippen molar-refractivity contribution in [3.05, 3.63) is 45.3 Å². The molecule has 0 N–H and O–H groups in total. The molecule has 0 bridgehead atoms. The molecular formula is C20H27NO3. The van der Waals surface area contributed by atoms with Gasteiger partial charge in [-0.15, -0.1) is 0 Å². The molecule has 0 amide bonds. The van der Waals surface area contributed by atoms with Crippen LogP contribution in [0.25, 0.3) is 11.0 Å². The fourth-order valence-electron chi connectivity index (χ4n) is 3.57. The molecule has 0 radical (unpaired) electrons. The number of piperidine rings is 1. The smallest absolute Gasteiger partial charge is 0.336 e. The van der Waals surface area contributed by atoms with E-state index in [0.717, 1.165) is 55.1 Å². The van der Waals surface area contributed by atoms with Crippen LogP contribution in [0.4, 0.5) is 0 Å². The molecule has 1 aliphatic rings. The molecule has 1 aromatic carbocycles. The third-order valence-electron chi connectivity index (χ3n) is 5.28. The summed E-state index contributed by atoms with van der Waals surface area (Å²) >= 11 is 0. The zero-order valence-electron chi connectivity index (χ0n) is 14.9. The van der Waals surface area contributed by atoms with Crippen LogP contribution in [0.5, 0.6) is 0 Å². The Kier molecular flexibility index (Phi) is 5.36. The quantitative estimate of drug-likeness (QED) is 0.785. The van der Waals surface area contributed by atoms with Gasteiger partial charge in [0.05, 0.1) is 0 Å². The number of benzene rings is 1. The van der Waals surface area contributed by atoms with E-state index in [-0.39, 0.29) is 5.63 Å². The SMILES string of the molecule is COCCC1CCN(Cc2cc(=O)oc3cc(C)c(C)cc23)CC1. The Hall–Kier alpha value is -1.65. The number of aryl methyl sites for hydroxylation is 2. The van der Waals surface area contributed by atoms with Crippen molar-refractivity contribution >= 4 is 11.0 Å². The molecule has 24 heavy (non-hydrogen) atoms. The number of ether oxygens (including phenoxy) is 1. The highest BCUT2D eigenvalue weighted by molar-refractivity contribution is 5.81. The van der Waals surface area contributed by atoms with Crippen LogP contribution < -0.4 is 5.63 Å². The van der Waals surface area contributed by atoms with E-state index in [9.17, 15) is 4.79 Å². The average Bonchev–Trinajstić information content (AvgIpc) is 2.56. The number of hydrogen-bond donors (Lipinski definition) is 0. The molecule has 2 heterocycles. The highest BCUT2D eigenvalue weighted by Gasteiger charge is 2.20. The predicted molar refractivity (Wildman–Crippen MR) is 96.5 cm³/mol. The van der Waals surface area contributed by atoms with E-state index in [0.29, 0.717) is 5.58 Å². The first kappa shape index (κ1) is 17.2. The first-order valence-corrected chi connectivity index (χ1v) is 8.82.